The molecule has 3 aromatic carbocycles. The Morgan fingerprint density at radius 3 is 2.23 bits per heavy atom. The highest BCUT2D eigenvalue weighted by atomic mass is 35.5. The maximum absolute atomic E-state index is 14.5. The molecule has 2 aliphatic carbocycles. The number of non-ortho nitro benzene ring substituents is 1. The first-order valence-corrected chi connectivity index (χ1v) is 15.9. The van der Waals surface area contributed by atoms with Crippen molar-refractivity contribution in [2.75, 3.05) is 9.80 Å². The molecule has 4 amide bonds. The van der Waals surface area contributed by atoms with Crippen LogP contribution in [0.15, 0.2) is 91.0 Å². The molecule has 244 valence electrons. The lowest BCUT2D eigenvalue weighted by molar-refractivity contribution is -0.384. The van der Waals surface area contributed by atoms with Gasteiger partial charge >= 0.3 is 0 Å². The van der Waals surface area contributed by atoms with Crippen molar-refractivity contribution in [2.24, 2.45) is 17.8 Å². The Hall–Kier alpha value is -4.87. The number of benzene rings is 3. The van der Waals surface area contributed by atoms with Crippen molar-refractivity contribution >= 4 is 63.9 Å². The highest BCUT2D eigenvalue weighted by Gasteiger charge is 2.77. The first kappa shape index (κ1) is 31.7. The number of fused-ring (bicyclic) bond motifs is 4. The van der Waals surface area contributed by atoms with Crippen LogP contribution in [0.3, 0.4) is 0 Å². The highest BCUT2D eigenvalue weighted by molar-refractivity contribution is 6.58. The molecule has 2 aliphatic heterocycles. The Balaban J connectivity index is 1.39. The van der Waals surface area contributed by atoms with E-state index in [0.29, 0.717) is 11.1 Å². The van der Waals surface area contributed by atoms with Crippen LogP contribution < -0.4 is 9.80 Å². The summed E-state index contributed by atoms with van der Waals surface area (Å²) in [6.45, 7) is 3.74. The lowest BCUT2D eigenvalue weighted by atomic mass is 9.56. The summed E-state index contributed by atoms with van der Waals surface area (Å²) in [5, 5.41) is 22.8. The molecule has 3 aromatic rings. The first-order valence-electron chi connectivity index (χ1n) is 15.1. The van der Waals surface area contributed by atoms with E-state index < -0.39 is 67.8 Å². The van der Waals surface area contributed by atoms with Crippen molar-refractivity contribution in [2.45, 2.75) is 34.9 Å². The Morgan fingerprint density at radius 1 is 0.938 bits per heavy atom. The second kappa shape index (κ2) is 11.1. The standard InChI is InChI=1S/C35H26Cl2FN3O7/c1-2-4-18-5-3-6-25(29(18)42)28-23-15-16-24-27(31(44)39(30(24)43)20-11-13-22(14-12-20)41(47)48)26(23)17-34(36)32(45)40(33(46)35(28,34)37)21-9-7-19(38)8-10-21/h2-3,5-15,24,26-28,42H,1,4,16-17H2/t24-,26+,27-,28+,34+,35-/m0/s1. The summed E-state index contributed by atoms with van der Waals surface area (Å²) in [7, 11) is 0. The van der Waals surface area contributed by atoms with Crippen LogP contribution in [0, 0.1) is 33.7 Å². The number of aromatic hydroxyl groups is 1. The number of imide groups is 2. The smallest absolute Gasteiger partial charge is 0.269 e. The normalized spacial score (nSPS) is 29.4. The Kier molecular flexibility index (Phi) is 7.33. The largest absolute Gasteiger partial charge is 0.507 e. The van der Waals surface area contributed by atoms with E-state index in [1.165, 1.54) is 36.4 Å². The fourth-order valence-corrected chi connectivity index (χ4v) is 8.81. The Bertz CT molecular complexity index is 1980. The molecule has 1 saturated carbocycles. The molecule has 13 heteroatoms. The molecule has 0 bridgehead atoms. The molecule has 2 saturated heterocycles. The number of nitro groups is 1. The third-order valence-corrected chi connectivity index (χ3v) is 11.5. The van der Waals surface area contributed by atoms with Crippen LogP contribution in [0.4, 0.5) is 21.5 Å². The summed E-state index contributed by atoms with van der Waals surface area (Å²) in [5.74, 6) is -7.62. The van der Waals surface area contributed by atoms with Crippen molar-refractivity contribution in [3.05, 3.63) is 118 Å². The van der Waals surface area contributed by atoms with Crippen molar-refractivity contribution in [3.63, 3.8) is 0 Å². The lowest BCUT2D eigenvalue weighted by Gasteiger charge is -2.50. The number of carbonyl (C=O) groups is 4. The summed E-state index contributed by atoms with van der Waals surface area (Å²) in [6.07, 6.45) is 3.38. The van der Waals surface area contributed by atoms with Crippen LogP contribution >= 0.6 is 23.2 Å². The number of amides is 4. The average Bonchev–Trinajstić information content (AvgIpc) is 3.40. The number of hydrogen-bond donors (Lipinski definition) is 1. The van der Waals surface area contributed by atoms with Gasteiger partial charge in [-0.3, -0.25) is 34.2 Å². The summed E-state index contributed by atoms with van der Waals surface area (Å²) >= 11 is 14.7. The molecule has 0 radical (unpaired) electrons. The molecular weight excluding hydrogens is 664 g/mol. The lowest BCUT2D eigenvalue weighted by Crippen LogP contribution is -2.60. The number of carbonyl (C=O) groups excluding carboxylic acids is 4. The van der Waals surface area contributed by atoms with E-state index in [0.717, 1.165) is 21.9 Å². The van der Waals surface area contributed by atoms with Crippen LogP contribution in [0.1, 0.15) is 29.9 Å². The van der Waals surface area contributed by atoms with Crippen LogP contribution in [-0.2, 0) is 25.6 Å². The van der Waals surface area contributed by atoms with Gasteiger partial charge in [0.2, 0.25) is 11.8 Å². The van der Waals surface area contributed by atoms with Gasteiger partial charge in [-0.05, 0) is 67.1 Å². The number of hydrogen-bond acceptors (Lipinski definition) is 7. The van der Waals surface area contributed by atoms with Crippen LogP contribution in [-0.4, -0.2) is 43.4 Å². The van der Waals surface area contributed by atoms with Gasteiger partial charge in [0.1, 0.15) is 11.6 Å². The predicted octanol–water partition coefficient (Wildman–Crippen LogP) is 5.94. The van der Waals surface area contributed by atoms with Crippen molar-refractivity contribution in [1.29, 1.82) is 0 Å². The van der Waals surface area contributed by atoms with Crippen LogP contribution in [0.25, 0.3) is 0 Å². The summed E-state index contributed by atoms with van der Waals surface area (Å²) in [6, 6.07) is 14.6. The molecule has 6 atom stereocenters. The molecule has 48 heavy (non-hydrogen) atoms. The van der Waals surface area contributed by atoms with E-state index in [9.17, 15) is 38.8 Å². The SMILES string of the molecule is C=CCc1cccc([C@H]2C3=CC[C@@H]4C(=O)N(c5ccc([N+](=O)[O-])cc5)C(=O)[C@@H]4[C@@H]3C[C@@]3(Cl)C(=O)N(c4ccc(F)cc4)C(=O)[C@@]23Cl)c1O. The summed E-state index contributed by atoms with van der Waals surface area (Å²) in [5.41, 5.74) is 1.12. The number of phenols is 1. The molecule has 4 aliphatic rings. The number of halogens is 3. The van der Waals surface area contributed by atoms with E-state index >= 15 is 0 Å². The van der Waals surface area contributed by atoms with E-state index in [2.05, 4.69) is 6.58 Å². The maximum Gasteiger partial charge on any atom is 0.269 e. The number of rotatable bonds is 6. The molecule has 0 unspecified atom stereocenters. The maximum atomic E-state index is 14.5. The molecule has 0 aromatic heterocycles. The third-order valence-electron chi connectivity index (χ3n) is 10.0. The van der Waals surface area contributed by atoms with Gasteiger partial charge in [0.05, 0.1) is 28.1 Å². The quantitative estimate of drug-likeness (QED) is 0.111. The average molecular weight is 691 g/mol. The van der Waals surface area contributed by atoms with Gasteiger partial charge in [-0.25, -0.2) is 9.29 Å². The molecule has 3 fully saturated rings. The Labute approximate surface area is 283 Å². The predicted molar refractivity (Wildman–Crippen MR) is 174 cm³/mol. The first-order chi connectivity index (χ1) is 22.8. The number of para-hydroxylation sites is 1. The second-order valence-electron chi connectivity index (χ2n) is 12.4. The van der Waals surface area contributed by atoms with Gasteiger partial charge in [-0.15, -0.1) is 29.8 Å². The zero-order valence-corrected chi connectivity index (χ0v) is 26.5. The van der Waals surface area contributed by atoms with E-state index in [1.807, 2.05) is 0 Å². The zero-order valence-electron chi connectivity index (χ0n) is 25.0. The zero-order chi connectivity index (χ0) is 34.3. The number of allylic oxidation sites excluding steroid dienone is 3. The van der Waals surface area contributed by atoms with Gasteiger partial charge in [0.15, 0.2) is 9.75 Å². The number of nitro benzene ring substituents is 1. The van der Waals surface area contributed by atoms with Crippen molar-refractivity contribution in [3.8, 4) is 5.75 Å². The molecule has 1 N–H and O–H groups in total. The monoisotopic (exact) mass is 689 g/mol. The minimum absolute atomic E-state index is 0.0375. The van der Waals surface area contributed by atoms with Crippen molar-refractivity contribution < 1.29 is 33.6 Å². The van der Waals surface area contributed by atoms with E-state index in [-0.39, 0.29) is 47.6 Å². The third kappa shape index (κ3) is 4.23. The molecule has 0 spiro atoms. The molecule has 10 nitrogen and oxygen atoms in total. The summed E-state index contributed by atoms with van der Waals surface area (Å²) < 4.78 is 13.9. The van der Waals surface area contributed by atoms with Crippen LogP contribution in [0.5, 0.6) is 5.75 Å². The van der Waals surface area contributed by atoms with Gasteiger partial charge in [0.25, 0.3) is 17.5 Å². The number of alkyl halides is 2. The molecule has 2 heterocycles. The fraction of sp³-hybridized carbons (Fsp3) is 0.257. The van der Waals surface area contributed by atoms with Gasteiger partial charge in [-0.1, -0.05) is 35.9 Å². The topological polar surface area (TPSA) is 138 Å². The second-order valence-corrected chi connectivity index (χ2v) is 13.6. The van der Waals surface area contributed by atoms with E-state index in [1.54, 1.807) is 30.4 Å². The minimum atomic E-state index is -2.21. The Morgan fingerprint density at radius 2 is 1.58 bits per heavy atom. The minimum Gasteiger partial charge on any atom is -0.507 e. The number of nitrogens with zero attached hydrogens (tertiary/aromatic N) is 3. The van der Waals surface area contributed by atoms with Crippen LogP contribution in [0.2, 0.25) is 0 Å². The molecular formula is C35H26Cl2FN3O7. The fourth-order valence-electron chi connectivity index (χ4n) is 7.89. The van der Waals surface area contributed by atoms with Crippen molar-refractivity contribution in [1.82, 2.24) is 0 Å². The molecule has 7 rings (SSSR count). The number of phenolic OH excluding ortho intramolecular Hbond substituents is 1. The van der Waals surface area contributed by atoms with Gasteiger partial charge < -0.3 is 5.11 Å². The number of anilines is 2. The van der Waals surface area contributed by atoms with Gasteiger partial charge in [-0.2, -0.15) is 0 Å². The summed E-state index contributed by atoms with van der Waals surface area (Å²) in [4.78, 5) is 64.9. The van der Waals surface area contributed by atoms with E-state index in [4.69, 9.17) is 23.2 Å². The van der Waals surface area contributed by atoms with Gasteiger partial charge in [0, 0.05) is 23.6 Å². The highest BCUT2D eigenvalue weighted by Crippen LogP contribution is 2.66.